The van der Waals surface area contributed by atoms with E-state index in [1.807, 2.05) is 6.92 Å². The number of aliphatic hydroxyl groups is 9. The van der Waals surface area contributed by atoms with Gasteiger partial charge < -0.3 is 64.9 Å². The number of aliphatic hydroxyl groups excluding tert-OH is 9. The lowest BCUT2D eigenvalue weighted by atomic mass is 9.96. The van der Waals surface area contributed by atoms with E-state index < -0.39 is 91.7 Å². The first-order valence-electron chi connectivity index (χ1n) is 13.3. The zero-order valence-corrected chi connectivity index (χ0v) is 25.6. The highest BCUT2D eigenvalue weighted by Crippen LogP contribution is 2.24. The Morgan fingerprint density at radius 1 is 0.537 bits per heavy atom. The van der Waals surface area contributed by atoms with Gasteiger partial charge in [-0.05, 0) is 20.3 Å². The standard InChI is InChI=1S/C10H20O5S.2C7H14O4S.CH4/c1-2-3-4-14-10-9(13)8(12)7(11)6(5-16)15-10;2*1-3-5(8)7(10)6(9)4(2-12)11-3;/h6-13,16H,2-5H2,1H3;2*3-10,12H,2H2,1H3;1H4/t6?,7-,8-,9?,10+;3?,4?,5-,6+,7?;3?,4?,5-,6-,7?;/m011./s1. The van der Waals surface area contributed by atoms with Crippen LogP contribution in [0.1, 0.15) is 41.0 Å². The molecule has 9 N–H and O–H groups in total. The highest BCUT2D eigenvalue weighted by atomic mass is 32.1. The third-order valence-corrected chi connectivity index (χ3v) is 7.97. The predicted molar refractivity (Wildman–Crippen MR) is 161 cm³/mol. The Morgan fingerprint density at radius 3 is 1.22 bits per heavy atom. The highest BCUT2D eigenvalue weighted by molar-refractivity contribution is 7.80. The second-order valence-electron chi connectivity index (χ2n) is 9.99. The molecular formula is C25H52O13S3. The van der Waals surface area contributed by atoms with Crippen molar-refractivity contribution in [2.45, 2.75) is 133 Å². The maximum absolute atomic E-state index is 9.64. The van der Waals surface area contributed by atoms with Crippen LogP contribution in [0.4, 0.5) is 0 Å². The van der Waals surface area contributed by atoms with Crippen LogP contribution in [-0.4, -0.2) is 162 Å². The van der Waals surface area contributed by atoms with Crippen LogP contribution >= 0.6 is 37.9 Å². The van der Waals surface area contributed by atoms with Gasteiger partial charge in [0.1, 0.15) is 54.9 Å². The molecular weight excluding hydrogens is 604 g/mol. The van der Waals surface area contributed by atoms with Gasteiger partial charge in [-0.2, -0.15) is 37.9 Å². The molecule has 41 heavy (non-hydrogen) atoms. The third kappa shape index (κ3) is 11.8. The molecule has 3 aliphatic rings. The molecule has 0 radical (unpaired) electrons. The molecule has 3 rings (SSSR count). The second kappa shape index (κ2) is 20.5. The van der Waals surface area contributed by atoms with Crippen LogP contribution in [-0.2, 0) is 18.9 Å². The summed E-state index contributed by atoms with van der Waals surface area (Å²) in [6, 6.07) is 0. The molecule has 3 fully saturated rings. The molecule has 0 aromatic rings. The lowest BCUT2D eigenvalue weighted by Crippen LogP contribution is -2.58. The molecule has 248 valence electrons. The molecule has 15 atom stereocenters. The smallest absolute Gasteiger partial charge is 0.186 e. The predicted octanol–water partition coefficient (Wildman–Crippen LogP) is -2.25. The molecule has 0 amide bonds. The van der Waals surface area contributed by atoms with Crippen molar-refractivity contribution in [3.8, 4) is 0 Å². The summed E-state index contributed by atoms with van der Waals surface area (Å²) < 4.78 is 21.0. The average Bonchev–Trinajstić information content (AvgIpc) is 2.95. The van der Waals surface area contributed by atoms with Gasteiger partial charge in [0.05, 0.1) is 30.5 Å². The van der Waals surface area contributed by atoms with Gasteiger partial charge in [-0.3, -0.25) is 0 Å². The number of ether oxygens (including phenoxy) is 4. The molecule has 0 aromatic carbocycles. The summed E-state index contributed by atoms with van der Waals surface area (Å²) >= 11 is 11.9. The number of unbranched alkanes of at least 4 members (excludes halogenated alkanes) is 1. The molecule has 0 spiro atoms. The Bertz CT molecular complexity index is 641. The van der Waals surface area contributed by atoms with E-state index in [0.29, 0.717) is 18.1 Å². The Balaban J connectivity index is 0.000000587. The van der Waals surface area contributed by atoms with Crippen molar-refractivity contribution < 1.29 is 64.9 Å². The number of thiol groups is 3. The first-order valence-corrected chi connectivity index (χ1v) is 15.2. The van der Waals surface area contributed by atoms with Crippen LogP contribution in [0.2, 0.25) is 0 Å². The molecule has 8 unspecified atom stereocenters. The van der Waals surface area contributed by atoms with E-state index >= 15 is 0 Å². The van der Waals surface area contributed by atoms with Crippen LogP contribution in [0, 0.1) is 0 Å². The fraction of sp³-hybridized carbons (Fsp3) is 1.00. The highest BCUT2D eigenvalue weighted by Gasteiger charge is 2.44. The normalized spacial score (nSPS) is 44.4. The van der Waals surface area contributed by atoms with Crippen molar-refractivity contribution in [2.24, 2.45) is 0 Å². The largest absolute Gasteiger partial charge is 0.388 e. The van der Waals surface area contributed by atoms with Crippen LogP contribution < -0.4 is 0 Å². The zero-order valence-electron chi connectivity index (χ0n) is 22.9. The van der Waals surface area contributed by atoms with Crippen molar-refractivity contribution in [2.75, 3.05) is 23.9 Å². The third-order valence-electron chi connectivity index (χ3n) is 6.89. The minimum Gasteiger partial charge on any atom is -0.388 e. The van der Waals surface area contributed by atoms with Crippen molar-refractivity contribution in [1.82, 2.24) is 0 Å². The summed E-state index contributed by atoms with van der Waals surface area (Å²) in [5.41, 5.74) is 0. The summed E-state index contributed by atoms with van der Waals surface area (Å²) in [4.78, 5) is 0. The first-order chi connectivity index (χ1) is 18.8. The van der Waals surface area contributed by atoms with Crippen LogP contribution in [0.25, 0.3) is 0 Å². The zero-order chi connectivity index (χ0) is 30.7. The fourth-order valence-corrected chi connectivity index (χ4v) is 5.03. The fourth-order valence-electron chi connectivity index (χ4n) is 4.12. The topological polar surface area (TPSA) is 219 Å². The molecule has 0 aromatic heterocycles. The van der Waals surface area contributed by atoms with Crippen molar-refractivity contribution >= 4 is 37.9 Å². The SMILES string of the molecule is C.CC1OC(CS)[C@@H](O)C(O)[C@@H]1O.CC1OC(CS)[C@H](O)C(O)[C@@H]1O.CCCCO[C@@H]1OC(CS)[C@H](O)[C@H](O)C1O. The van der Waals surface area contributed by atoms with Gasteiger partial charge in [0, 0.05) is 23.9 Å². The molecule has 0 bridgehead atoms. The van der Waals surface area contributed by atoms with Crippen LogP contribution in [0.15, 0.2) is 0 Å². The van der Waals surface area contributed by atoms with Crippen molar-refractivity contribution in [3.63, 3.8) is 0 Å². The van der Waals surface area contributed by atoms with Crippen LogP contribution in [0.3, 0.4) is 0 Å². The molecule has 3 saturated heterocycles. The monoisotopic (exact) mass is 656 g/mol. The van der Waals surface area contributed by atoms with E-state index in [1.54, 1.807) is 13.8 Å². The van der Waals surface area contributed by atoms with E-state index in [4.69, 9.17) is 18.9 Å². The molecule has 13 nitrogen and oxygen atoms in total. The Hall–Kier alpha value is 0.530. The quantitative estimate of drug-likeness (QED) is 0.103. The lowest BCUT2D eigenvalue weighted by molar-refractivity contribution is -0.292. The number of hydrogen-bond acceptors (Lipinski definition) is 16. The number of rotatable bonds is 7. The Kier molecular flexibility index (Phi) is 20.8. The first kappa shape index (κ1) is 41.5. The van der Waals surface area contributed by atoms with E-state index in [0.717, 1.165) is 12.8 Å². The van der Waals surface area contributed by atoms with Gasteiger partial charge in [-0.1, -0.05) is 20.8 Å². The Labute approximate surface area is 259 Å². The lowest BCUT2D eigenvalue weighted by Gasteiger charge is -2.39. The second-order valence-corrected chi connectivity index (χ2v) is 11.1. The minimum atomic E-state index is -1.25. The molecule has 16 heteroatoms. The van der Waals surface area contributed by atoms with Crippen molar-refractivity contribution in [1.29, 1.82) is 0 Å². The van der Waals surface area contributed by atoms with E-state index in [2.05, 4.69) is 37.9 Å². The van der Waals surface area contributed by atoms with Crippen molar-refractivity contribution in [3.05, 3.63) is 0 Å². The van der Waals surface area contributed by atoms with Gasteiger partial charge in [0.25, 0.3) is 0 Å². The molecule has 3 heterocycles. The maximum Gasteiger partial charge on any atom is 0.186 e. The summed E-state index contributed by atoms with van der Waals surface area (Å²) in [5.74, 6) is 0.920. The average molecular weight is 657 g/mol. The van der Waals surface area contributed by atoms with Gasteiger partial charge >= 0.3 is 0 Å². The minimum absolute atomic E-state index is 0. The summed E-state index contributed by atoms with van der Waals surface area (Å²) in [6.07, 6.45) is -11.6. The summed E-state index contributed by atoms with van der Waals surface area (Å²) in [6.45, 7) is 5.78. The van der Waals surface area contributed by atoms with Gasteiger partial charge in [0.2, 0.25) is 0 Å². The summed E-state index contributed by atoms with van der Waals surface area (Å²) in [7, 11) is 0. The summed E-state index contributed by atoms with van der Waals surface area (Å²) in [5, 5.41) is 84.6. The van der Waals surface area contributed by atoms with E-state index in [1.165, 1.54) is 0 Å². The van der Waals surface area contributed by atoms with Gasteiger partial charge in [-0.25, -0.2) is 0 Å². The number of hydrogen-bond donors (Lipinski definition) is 12. The molecule has 0 saturated carbocycles. The van der Waals surface area contributed by atoms with Gasteiger partial charge in [-0.15, -0.1) is 0 Å². The molecule has 3 aliphatic heterocycles. The molecule has 0 aliphatic carbocycles. The maximum atomic E-state index is 9.64. The Morgan fingerprint density at radius 2 is 0.878 bits per heavy atom. The van der Waals surface area contributed by atoms with Gasteiger partial charge in [0.15, 0.2) is 6.29 Å². The van der Waals surface area contributed by atoms with Crippen LogP contribution in [0.5, 0.6) is 0 Å². The van der Waals surface area contributed by atoms with E-state index in [-0.39, 0.29) is 13.2 Å². The van der Waals surface area contributed by atoms with E-state index in [9.17, 15) is 46.0 Å².